The lowest BCUT2D eigenvalue weighted by Gasteiger charge is -2.32. The minimum Gasteiger partial charge on any atom is -0.343 e. The highest BCUT2D eigenvalue weighted by molar-refractivity contribution is 5.81. The summed E-state index contributed by atoms with van der Waals surface area (Å²) in [7, 11) is 0. The van der Waals surface area contributed by atoms with Gasteiger partial charge in [0, 0.05) is 54.9 Å². The highest BCUT2D eigenvalue weighted by Gasteiger charge is 2.24. The number of aromatic nitrogens is 3. The van der Waals surface area contributed by atoms with Crippen molar-refractivity contribution in [2.75, 3.05) is 13.1 Å². The van der Waals surface area contributed by atoms with Gasteiger partial charge in [-0.2, -0.15) is 5.10 Å². The van der Waals surface area contributed by atoms with Gasteiger partial charge in [-0.25, -0.2) is 0 Å². The SMILES string of the molecule is Cc1ccnn1CCC(=O)N1CCC(c2cc3ccccc3c(=O)[nH]2)CC1. The molecule has 0 bridgehead atoms. The average Bonchev–Trinajstić information content (AvgIpc) is 3.11. The number of aromatic amines is 1. The fraction of sp³-hybridized carbons (Fsp3) is 0.381. The van der Waals surface area contributed by atoms with Crippen LogP contribution in [0.3, 0.4) is 0 Å². The van der Waals surface area contributed by atoms with Crippen LogP contribution in [0.2, 0.25) is 0 Å². The second-order valence-corrected chi connectivity index (χ2v) is 7.24. The number of fused-ring (bicyclic) bond motifs is 1. The second-order valence-electron chi connectivity index (χ2n) is 7.24. The third kappa shape index (κ3) is 3.65. The maximum absolute atomic E-state index is 12.5. The van der Waals surface area contributed by atoms with Gasteiger partial charge in [-0.3, -0.25) is 14.3 Å². The zero-order valence-corrected chi connectivity index (χ0v) is 15.5. The third-order valence-electron chi connectivity index (χ3n) is 5.53. The molecule has 0 aliphatic carbocycles. The Kier molecular flexibility index (Phi) is 4.79. The molecule has 6 nitrogen and oxygen atoms in total. The molecule has 1 N–H and O–H groups in total. The molecule has 0 spiro atoms. The van der Waals surface area contributed by atoms with E-state index in [-0.39, 0.29) is 11.5 Å². The fourth-order valence-electron chi connectivity index (χ4n) is 3.88. The normalized spacial score (nSPS) is 15.4. The number of carbonyl (C=O) groups excluding carboxylic acids is 1. The molecule has 1 aromatic carbocycles. The van der Waals surface area contributed by atoms with Gasteiger partial charge in [0.05, 0.1) is 0 Å². The molecule has 2 aromatic heterocycles. The predicted octanol–water partition coefficient (Wildman–Crippen LogP) is 2.83. The number of carbonyl (C=O) groups is 1. The summed E-state index contributed by atoms with van der Waals surface area (Å²) >= 11 is 0. The minimum absolute atomic E-state index is 0.0313. The van der Waals surface area contributed by atoms with Crippen molar-refractivity contribution in [2.45, 2.75) is 38.6 Å². The van der Waals surface area contributed by atoms with Crippen molar-refractivity contribution in [3.63, 3.8) is 0 Å². The van der Waals surface area contributed by atoms with E-state index in [0.717, 1.165) is 48.1 Å². The first kappa shape index (κ1) is 17.5. The fourth-order valence-corrected chi connectivity index (χ4v) is 3.88. The Morgan fingerprint density at radius 2 is 2.00 bits per heavy atom. The summed E-state index contributed by atoms with van der Waals surface area (Å²) in [6.45, 7) is 4.08. The summed E-state index contributed by atoms with van der Waals surface area (Å²) in [4.78, 5) is 29.8. The zero-order valence-electron chi connectivity index (χ0n) is 15.5. The van der Waals surface area contributed by atoms with Gasteiger partial charge in [-0.15, -0.1) is 0 Å². The molecule has 1 aliphatic heterocycles. The second kappa shape index (κ2) is 7.39. The van der Waals surface area contributed by atoms with Crippen molar-refractivity contribution in [3.8, 4) is 0 Å². The average molecular weight is 364 g/mol. The number of nitrogens with one attached hydrogen (secondary N) is 1. The minimum atomic E-state index is -0.0313. The molecule has 3 aromatic rings. The number of rotatable bonds is 4. The molecule has 3 heterocycles. The molecule has 0 unspecified atom stereocenters. The van der Waals surface area contributed by atoms with Gasteiger partial charge < -0.3 is 9.88 Å². The number of pyridine rings is 1. The highest BCUT2D eigenvalue weighted by atomic mass is 16.2. The molecule has 1 aliphatic rings. The maximum Gasteiger partial charge on any atom is 0.256 e. The smallest absolute Gasteiger partial charge is 0.256 e. The van der Waals surface area contributed by atoms with Gasteiger partial charge in [0.2, 0.25) is 5.91 Å². The largest absolute Gasteiger partial charge is 0.343 e. The van der Waals surface area contributed by atoms with E-state index < -0.39 is 0 Å². The summed E-state index contributed by atoms with van der Waals surface area (Å²) < 4.78 is 1.87. The maximum atomic E-state index is 12.5. The van der Waals surface area contributed by atoms with E-state index in [1.54, 1.807) is 6.20 Å². The number of aryl methyl sites for hydroxylation is 2. The molecular formula is C21H24N4O2. The molecular weight excluding hydrogens is 340 g/mol. The van der Waals surface area contributed by atoms with Crippen molar-refractivity contribution in [3.05, 3.63) is 64.3 Å². The lowest BCUT2D eigenvalue weighted by molar-refractivity contribution is -0.132. The van der Waals surface area contributed by atoms with Crippen molar-refractivity contribution in [1.82, 2.24) is 19.7 Å². The van der Waals surface area contributed by atoms with Gasteiger partial charge in [0.25, 0.3) is 5.56 Å². The number of H-pyrrole nitrogens is 1. The molecule has 0 radical (unpaired) electrons. The number of amides is 1. The van der Waals surface area contributed by atoms with Crippen LogP contribution in [-0.4, -0.2) is 38.7 Å². The number of piperidine rings is 1. The molecule has 140 valence electrons. The van der Waals surface area contributed by atoms with Gasteiger partial charge in [0.1, 0.15) is 0 Å². The number of benzene rings is 1. The third-order valence-corrected chi connectivity index (χ3v) is 5.53. The molecule has 4 rings (SSSR count). The summed E-state index contributed by atoms with van der Waals surface area (Å²) in [5.41, 5.74) is 2.02. The van der Waals surface area contributed by atoms with Gasteiger partial charge in [-0.1, -0.05) is 18.2 Å². The van der Waals surface area contributed by atoms with Crippen LogP contribution in [0.1, 0.15) is 36.6 Å². The van der Waals surface area contributed by atoms with Crippen LogP contribution in [0, 0.1) is 6.92 Å². The quantitative estimate of drug-likeness (QED) is 0.774. The molecule has 1 amide bonds. The van der Waals surface area contributed by atoms with Crippen LogP contribution in [-0.2, 0) is 11.3 Å². The summed E-state index contributed by atoms with van der Waals surface area (Å²) in [5, 5.41) is 5.93. The Hall–Kier alpha value is -2.89. The number of hydrogen-bond donors (Lipinski definition) is 1. The van der Waals surface area contributed by atoms with Gasteiger partial charge >= 0.3 is 0 Å². The number of likely N-dealkylation sites (tertiary alicyclic amines) is 1. The Morgan fingerprint density at radius 1 is 1.22 bits per heavy atom. The van der Waals surface area contributed by atoms with Crippen LogP contribution in [0.4, 0.5) is 0 Å². The lowest BCUT2D eigenvalue weighted by Crippen LogP contribution is -2.38. The first-order valence-electron chi connectivity index (χ1n) is 9.50. The molecule has 6 heteroatoms. The Labute approximate surface area is 157 Å². The summed E-state index contributed by atoms with van der Waals surface area (Å²) in [5.74, 6) is 0.468. The zero-order chi connectivity index (χ0) is 18.8. The van der Waals surface area contributed by atoms with E-state index in [2.05, 4.69) is 16.1 Å². The first-order chi connectivity index (χ1) is 13.1. The summed E-state index contributed by atoms with van der Waals surface area (Å²) in [6.07, 6.45) is 3.98. The Bertz CT molecular complexity index is 1010. The Morgan fingerprint density at radius 3 is 2.74 bits per heavy atom. The van der Waals surface area contributed by atoms with Crippen LogP contribution in [0.15, 0.2) is 47.4 Å². The summed E-state index contributed by atoms with van der Waals surface area (Å²) in [6, 6.07) is 11.7. The number of hydrogen-bond acceptors (Lipinski definition) is 3. The van der Waals surface area contributed by atoms with E-state index in [4.69, 9.17) is 0 Å². The lowest BCUT2D eigenvalue weighted by atomic mass is 9.92. The molecule has 0 saturated carbocycles. The molecule has 1 saturated heterocycles. The van der Waals surface area contributed by atoms with E-state index in [9.17, 15) is 9.59 Å². The van der Waals surface area contributed by atoms with Gasteiger partial charge in [0.15, 0.2) is 0 Å². The predicted molar refractivity (Wildman–Crippen MR) is 105 cm³/mol. The number of nitrogens with zero attached hydrogens (tertiary/aromatic N) is 3. The molecule has 27 heavy (non-hydrogen) atoms. The van der Waals surface area contributed by atoms with Crippen molar-refractivity contribution < 1.29 is 4.79 Å². The molecule has 0 atom stereocenters. The van der Waals surface area contributed by atoms with E-state index >= 15 is 0 Å². The van der Waals surface area contributed by atoms with Crippen molar-refractivity contribution >= 4 is 16.7 Å². The van der Waals surface area contributed by atoms with Crippen LogP contribution >= 0.6 is 0 Å². The topological polar surface area (TPSA) is 71.0 Å². The Balaban J connectivity index is 1.38. The van der Waals surface area contributed by atoms with Crippen LogP contribution < -0.4 is 5.56 Å². The van der Waals surface area contributed by atoms with E-state index in [1.165, 1.54) is 0 Å². The standard InChI is InChI=1S/C21H24N4O2/c1-15-6-10-22-25(15)13-9-20(26)24-11-7-16(8-12-24)19-14-17-4-2-3-5-18(17)21(27)23-19/h2-6,10,14,16H,7-9,11-13H2,1H3,(H,23,27). The van der Waals surface area contributed by atoms with Crippen molar-refractivity contribution in [1.29, 1.82) is 0 Å². The van der Waals surface area contributed by atoms with Crippen molar-refractivity contribution in [2.24, 2.45) is 0 Å². The van der Waals surface area contributed by atoms with E-state index in [1.807, 2.05) is 46.8 Å². The van der Waals surface area contributed by atoms with Crippen LogP contribution in [0.5, 0.6) is 0 Å². The first-order valence-corrected chi connectivity index (χ1v) is 9.50. The monoisotopic (exact) mass is 364 g/mol. The van der Waals surface area contributed by atoms with E-state index in [0.29, 0.717) is 18.9 Å². The molecule has 1 fully saturated rings. The van der Waals surface area contributed by atoms with Crippen LogP contribution in [0.25, 0.3) is 10.8 Å². The van der Waals surface area contributed by atoms with Gasteiger partial charge in [-0.05, 0) is 43.4 Å². The highest BCUT2D eigenvalue weighted by Crippen LogP contribution is 2.28.